The topological polar surface area (TPSA) is 66.0 Å². The molecular formula is C8H16N4O. The van der Waals surface area contributed by atoms with Crippen LogP contribution in [0.5, 0.6) is 0 Å². The fraction of sp³-hybridized carbons (Fsp3) is 0.750. The lowest BCUT2D eigenvalue weighted by Crippen LogP contribution is -2.26. The van der Waals surface area contributed by atoms with Crippen molar-refractivity contribution in [2.45, 2.75) is 26.0 Å². The second-order valence-electron chi connectivity index (χ2n) is 2.83. The fourth-order valence-corrected chi connectivity index (χ4v) is 1.17. The zero-order chi connectivity index (χ0) is 9.68. The van der Waals surface area contributed by atoms with Crippen molar-refractivity contribution in [3.8, 4) is 0 Å². The first-order valence-corrected chi connectivity index (χ1v) is 4.41. The first kappa shape index (κ1) is 10.1. The predicted octanol–water partition coefficient (Wildman–Crippen LogP) is -0.186. The molecule has 74 valence electrons. The summed E-state index contributed by atoms with van der Waals surface area (Å²) in [6.07, 6.45) is 2.48. The number of aryl methyl sites for hydroxylation is 1. The van der Waals surface area contributed by atoms with Crippen molar-refractivity contribution in [2.24, 2.45) is 5.73 Å². The van der Waals surface area contributed by atoms with Crippen LogP contribution >= 0.6 is 0 Å². The van der Waals surface area contributed by atoms with Gasteiger partial charge in [0.2, 0.25) is 0 Å². The maximum absolute atomic E-state index is 5.51. The van der Waals surface area contributed by atoms with Gasteiger partial charge in [0.05, 0.1) is 6.10 Å². The van der Waals surface area contributed by atoms with Crippen molar-refractivity contribution >= 4 is 0 Å². The largest absolute Gasteiger partial charge is 0.380 e. The Morgan fingerprint density at radius 1 is 1.69 bits per heavy atom. The highest BCUT2D eigenvalue weighted by atomic mass is 16.5. The summed E-state index contributed by atoms with van der Waals surface area (Å²) in [4.78, 5) is 0. The van der Waals surface area contributed by atoms with Crippen LogP contribution in [0, 0.1) is 0 Å². The molecule has 0 saturated carbocycles. The highest BCUT2D eigenvalue weighted by Gasteiger charge is 2.10. The quantitative estimate of drug-likeness (QED) is 0.689. The second-order valence-corrected chi connectivity index (χ2v) is 2.83. The number of nitrogens with zero attached hydrogens (tertiary/aromatic N) is 3. The number of rotatable bonds is 5. The van der Waals surface area contributed by atoms with Crippen LogP contribution in [0.1, 0.15) is 12.7 Å². The summed E-state index contributed by atoms with van der Waals surface area (Å²) in [5, 5.41) is 7.83. The molecule has 1 heterocycles. The summed E-state index contributed by atoms with van der Waals surface area (Å²) in [6, 6.07) is 0. The number of aromatic nitrogens is 3. The number of methoxy groups -OCH3 is 1. The van der Waals surface area contributed by atoms with Crippen LogP contribution in [0.4, 0.5) is 0 Å². The van der Waals surface area contributed by atoms with Gasteiger partial charge in [0.25, 0.3) is 0 Å². The molecule has 0 aliphatic carbocycles. The Hall–Kier alpha value is -0.940. The smallest absolute Gasteiger partial charge is 0.135 e. The molecule has 1 atom stereocenters. The minimum absolute atomic E-state index is 0.0366. The Bertz CT molecular complexity index is 244. The first-order valence-electron chi connectivity index (χ1n) is 4.41. The molecular weight excluding hydrogens is 168 g/mol. The van der Waals surface area contributed by atoms with Crippen molar-refractivity contribution in [3.63, 3.8) is 0 Å². The Morgan fingerprint density at radius 2 is 2.46 bits per heavy atom. The Balaban J connectivity index is 2.61. The molecule has 0 amide bonds. The minimum Gasteiger partial charge on any atom is -0.380 e. The first-order chi connectivity index (χ1) is 6.31. The van der Waals surface area contributed by atoms with E-state index in [1.807, 2.05) is 4.57 Å². The second kappa shape index (κ2) is 4.94. The van der Waals surface area contributed by atoms with E-state index in [0.29, 0.717) is 6.54 Å². The van der Waals surface area contributed by atoms with E-state index in [2.05, 4.69) is 17.1 Å². The normalized spacial score (nSPS) is 13.2. The summed E-state index contributed by atoms with van der Waals surface area (Å²) in [7, 11) is 1.66. The van der Waals surface area contributed by atoms with Crippen LogP contribution in [0.25, 0.3) is 0 Å². The van der Waals surface area contributed by atoms with Gasteiger partial charge in [-0.1, -0.05) is 0 Å². The van der Waals surface area contributed by atoms with Gasteiger partial charge in [0, 0.05) is 26.6 Å². The molecule has 0 aliphatic heterocycles. The molecule has 1 rings (SSSR count). The lowest BCUT2D eigenvalue weighted by molar-refractivity contribution is 0.107. The maximum Gasteiger partial charge on any atom is 0.135 e. The van der Waals surface area contributed by atoms with Gasteiger partial charge < -0.3 is 15.0 Å². The van der Waals surface area contributed by atoms with E-state index < -0.39 is 0 Å². The third-order valence-corrected chi connectivity index (χ3v) is 2.04. The molecule has 1 aromatic heterocycles. The van der Waals surface area contributed by atoms with Crippen LogP contribution in [-0.2, 0) is 17.7 Å². The van der Waals surface area contributed by atoms with E-state index in [4.69, 9.17) is 10.5 Å². The highest BCUT2D eigenvalue weighted by molar-refractivity contribution is 4.88. The molecule has 13 heavy (non-hydrogen) atoms. The molecule has 0 aliphatic rings. The van der Waals surface area contributed by atoms with Crippen molar-refractivity contribution < 1.29 is 4.74 Å². The zero-order valence-electron chi connectivity index (χ0n) is 8.10. The van der Waals surface area contributed by atoms with Gasteiger partial charge in [-0.2, -0.15) is 0 Å². The van der Waals surface area contributed by atoms with Gasteiger partial charge in [0.15, 0.2) is 0 Å². The molecule has 0 saturated heterocycles. The van der Waals surface area contributed by atoms with Gasteiger partial charge >= 0.3 is 0 Å². The average Bonchev–Trinajstić information content (AvgIpc) is 2.61. The van der Waals surface area contributed by atoms with Gasteiger partial charge in [-0.3, -0.25) is 0 Å². The van der Waals surface area contributed by atoms with E-state index in [9.17, 15) is 0 Å². The Labute approximate surface area is 77.9 Å². The van der Waals surface area contributed by atoms with Crippen molar-refractivity contribution in [2.75, 3.05) is 13.7 Å². The van der Waals surface area contributed by atoms with Gasteiger partial charge in [-0.25, -0.2) is 0 Å². The standard InChI is InChI=1S/C8H16N4O/c1-3-12-6-10-11-8(12)4-7(5-9)13-2/h6-7H,3-5,9H2,1-2H3. The molecule has 0 aromatic carbocycles. The summed E-state index contributed by atoms with van der Waals surface area (Å²) >= 11 is 0. The Morgan fingerprint density at radius 3 is 3.00 bits per heavy atom. The van der Waals surface area contributed by atoms with Gasteiger partial charge in [0.1, 0.15) is 12.2 Å². The van der Waals surface area contributed by atoms with Crippen LogP contribution in [0.2, 0.25) is 0 Å². The number of hydrogen-bond donors (Lipinski definition) is 1. The molecule has 5 heteroatoms. The monoisotopic (exact) mass is 184 g/mol. The fourth-order valence-electron chi connectivity index (χ4n) is 1.17. The summed E-state index contributed by atoms with van der Waals surface area (Å²) in [6.45, 7) is 3.44. The van der Waals surface area contributed by atoms with Crippen molar-refractivity contribution in [3.05, 3.63) is 12.2 Å². The SMILES string of the molecule is CCn1cnnc1CC(CN)OC. The number of ether oxygens (including phenoxy) is 1. The molecule has 5 nitrogen and oxygen atoms in total. The molecule has 1 aromatic rings. The van der Waals surface area contributed by atoms with E-state index >= 15 is 0 Å². The molecule has 1 unspecified atom stereocenters. The van der Waals surface area contributed by atoms with Crippen LogP contribution in [-0.4, -0.2) is 34.5 Å². The third-order valence-electron chi connectivity index (χ3n) is 2.04. The molecule has 0 radical (unpaired) electrons. The summed E-state index contributed by atoms with van der Waals surface area (Å²) in [5.41, 5.74) is 5.51. The lowest BCUT2D eigenvalue weighted by Gasteiger charge is -2.12. The Kier molecular flexibility index (Phi) is 3.85. The molecule has 2 N–H and O–H groups in total. The number of hydrogen-bond acceptors (Lipinski definition) is 4. The summed E-state index contributed by atoms with van der Waals surface area (Å²) in [5.74, 6) is 0.930. The maximum atomic E-state index is 5.51. The van der Waals surface area contributed by atoms with Crippen molar-refractivity contribution in [1.29, 1.82) is 0 Å². The summed E-state index contributed by atoms with van der Waals surface area (Å²) < 4.78 is 7.15. The number of nitrogens with two attached hydrogens (primary N) is 1. The third kappa shape index (κ3) is 2.50. The van der Waals surface area contributed by atoms with Crippen molar-refractivity contribution in [1.82, 2.24) is 14.8 Å². The highest BCUT2D eigenvalue weighted by Crippen LogP contribution is 2.01. The van der Waals surface area contributed by atoms with Crippen LogP contribution < -0.4 is 5.73 Å². The lowest BCUT2D eigenvalue weighted by atomic mass is 10.2. The predicted molar refractivity (Wildman–Crippen MR) is 49.3 cm³/mol. The minimum atomic E-state index is 0.0366. The molecule has 0 fully saturated rings. The van der Waals surface area contributed by atoms with E-state index in [1.54, 1.807) is 13.4 Å². The molecule has 0 bridgehead atoms. The van der Waals surface area contributed by atoms with Gasteiger partial charge in [-0.05, 0) is 6.92 Å². The van der Waals surface area contributed by atoms with E-state index in [0.717, 1.165) is 18.8 Å². The average molecular weight is 184 g/mol. The van der Waals surface area contributed by atoms with Crippen LogP contribution in [0.3, 0.4) is 0 Å². The van der Waals surface area contributed by atoms with Gasteiger partial charge in [-0.15, -0.1) is 10.2 Å². The zero-order valence-corrected chi connectivity index (χ0v) is 8.10. The van der Waals surface area contributed by atoms with E-state index in [1.165, 1.54) is 0 Å². The molecule has 0 spiro atoms. The van der Waals surface area contributed by atoms with E-state index in [-0.39, 0.29) is 6.10 Å². The van der Waals surface area contributed by atoms with Crippen LogP contribution in [0.15, 0.2) is 6.33 Å².